The molecule has 1 saturated carbocycles. The maximum Gasteiger partial charge on any atom is 0.331 e. The maximum atomic E-state index is 12.1. The molecular formula is C13H19O3P. The zero-order valence-corrected chi connectivity index (χ0v) is 10.8. The van der Waals surface area contributed by atoms with Crippen molar-refractivity contribution in [2.75, 3.05) is 0 Å². The summed E-state index contributed by atoms with van der Waals surface area (Å²) in [7, 11) is -3.43. The summed E-state index contributed by atoms with van der Waals surface area (Å²) in [5, 5.41) is 0. The molecule has 1 aromatic rings. The molecule has 0 heterocycles. The van der Waals surface area contributed by atoms with Crippen LogP contribution in [0.4, 0.5) is 0 Å². The number of benzene rings is 1. The number of hydrogen-bond acceptors (Lipinski definition) is 2. The summed E-state index contributed by atoms with van der Waals surface area (Å²) in [6.07, 6.45) is 4.91. The lowest BCUT2D eigenvalue weighted by atomic mass is 10.0. The number of hydrogen-bond donors (Lipinski definition) is 1. The lowest BCUT2D eigenvalue weighted by Gasteiger charge is -2.25. The summed E-state index contributed by atoms with van der Waals surface area (Å²) >= 11 is 0. The Hall–Kier alpha value is -0.630. The predicted molar refractivity (Wildman–Crippen MR) is 67.9 cm³/mol. The third-order valence-corrected chi connectivity index (χ3v) is 5.23. The molecular weight excluding hydrogens is 235 g/mol. The molecule has 94 valence electrons. The van der Waals surface area contributed by atoms with Crippen LogP contribution in [0.1, 0.15) is 37.7 Å². The molecule has 1 N–H and O–H groups in total. The normalized spacial score (nSPS) is 21.0. The van der Waals surface area contributed by atoms with Gasteiger partial charge < -0.3 is 9.42 Å². The minimum absolute atomic E-state index is 0.153. The fraction of sp³-hybridized carbons (Fsp3) is 0.538. The molecule has 3 nitrogen and oxygen atoms in total. The second-order valence-corrected chi connectivity index (χ2v) is 6.73. The third-order valence-electron chi connectivity index (χ3n) is 3.30. The van der Waals surface area contributed by atoms with Gasteiger partial charge in [-0.2, -0.15) is 0 Å². The van der Waals surface area contributed by atoms with E-state index in [2.05, 4.69) is 0 Å². The fourth-order valence-electron chi connectivity index (χ4n) is 2.25. The van der Waals surface area contributed by atoms with Gasteiger partial charge in [-0.3, -0.25) is 4.57 Å². The highest BCUT2D eigenvalue weighted by molar-refractivity contribution is 7.53. The van der Waals surface area contributed by atoms with Crippen molar-refractivity contribution in [1.82, 2.24) is 0 Å². The Morgan fingerprint density at radius 1 is 1.18 bits per heavy atom. The first-order chi connectivity index (χ1) is 8.18. The third kappa shape index (κ3) is 3.67. The summed E-state index contributed by atoms with van der Waals surface area (Å²) in [6.45, 7) is 0.227. The van der Waals surface area contributed by atoms with Crippen LogP contribution in [0, 0.1) is 0 Å². The first kappa shape index (κ1) is 12.8. The molecule has 4 heteroatoms. The highest BCUT2D eigenvalue weighted by Crippen LogP contribution is 2.53. The molecule has 1 unspecified atom stereocenters. The van der Waals surface area contributed by atoms with Gasteiger partial charge in [-0.1, -0.05) is 49.6 Å². The van der Waals surface area contributed by atoms with E-state index in [1.807, 2.05) is 30.3 Å². The van der Waals surface area contributed by atoms with E-state index in [0.29, 0.717) is 0 Å². The predicted octanol–water partition coefficient (Wildman–Crippen LogP) is 3.72. The molecule has 17 heavy (non-hydrogen) atoms. The smallest absolute Gasteiger partial charge is 0.324 e. The van der Waals surface area contributed by atoms with Crippen LogP contribution in [0.3, 0.4) is 0 Å². The average molecular weight is 254 g/mol. The molecule has 0 aliphatic heterocycles. The summed E-state index contributed by atoms with van der Waals surface area (Å²) in [4.78, 5) is 9.93. The molecule has 0 amide bonds. The standard InChI is InChI=1S/C13H19O3P/c14-17(15,13-9-5-2-6-10-13)16-11-12-7-3-1-4-8-12/h1,3-4,7-8,13H,2,5-6,9-11H2,(H,14,15). The molecule has 0 spiro atoms. The second-order valence-electron chi connectivity index (χ2n) is 4.61. The molecule has 0 aromatic heterocycles. The van der Waals surface area contributed by atoms with Gasteiger partial charge in [0.15, 0.2) is 0 Å². The van der Waals surface area contributed by atoms with E-state index in [4.69, 9.17) is 4.52 Å². The van der Waals surface area contributed by atoms with E-state index in [1.54, 1.807) is 0 Å². The summed E-state index contributed by atoms with van der Waals surface area (Å²) in [5.41, 5.74) is 0.789. The van der Waals surface area contributed by atoms with Crippen LogP contribution >= 0.6 is 7.60 Å². The van der Waals surface area contributed by atoms with Gasteiger partial charge in [0.05, 0.1) is 12.3 Å². The van der Waals surface area contributed by atoms with E-state index in [0.717, 1.165) is 31.2 Å². The summed E-state index contributed by atoms with van der Waals surface area (Å²) < 4.78 is 17.3. The quantitative estimate of drug-likeness (QED) is 0.833. The molecule has 0 saturated heterocycles. The van der Waals surface area contributed by atoms with E-state index in [9.17, 15) is 9.46 Å². The zero-order chi connectivity index (χ0) is 12.1. The van der Waals surface area contributed by atoms with Gasteiger partial charge in [0.25, 0.3) is 0 Å². The Balaban J connectivity index is 1.90. The van der Waals surface area contributed by atoms with Crippen LogP contribution in [-0.2, 0) is 15.7 Å². The van der Waals surface area contributed by atoms with Gasteiger partial charge in [-0.25, -0.2) is 0 Å². The maximum absolute atomic E-state index is 12.1. The van der Waals surface area contributed by atoms with E-state index >= 15 is 0 Å². The molecule has 1 aliphatic rings. The van der Waals surface area contributed by atoms with Gasteiger partial charge in [0, 0.05) is 0 Å². The lowest BCUT2D eigenvalue weighted by Crippen LogP contribution is -2.14. The highest BCUT2D eigenvalue weighted by atomic mass is 31.2. The molecule has 0 radical (unpaired) electrons. The molecule has 1 aliphatic carbocycles. The largest absolute Gasteiger partial charge is 0.331 e. The van der Waals surface area contributed by atoms with Crippen molar-refractivity contribution in [2.45, 2.75) is 44.4 Å². The van der Waals surface area contributed by atoms with Crippen molar-refractivity contribution in [3.8, 4) is 0 Å². The molecule has 1 aromatic carbocycles. The van der Waals surface area contributed by atoms with Crippen molar-refractivity contribution in [3.63, 3.8) is 0 Å². The minimum Gasteiger partial charge on any atom is -0.324 e. The molecule has 0 bridgehead atoms. The average Bonchev–Trinajstić information content (AvgIpc) is 2.39. The number of rotatable bonds is 4. The van der Waals surface area contributed by atoms with Crippen LogP contribution in [-0.4, -0.2) is 10.6 Å². The first-order valence-electron chi connectivity index (χ1n) is 6.19. The highest BCUT2D eigenvalue weighted by Gasteiger charge is 2.33. The Morgan fingerprint density at radius 2 is 1.82 bits per heavy atom. The molecule has 2 rings (SSSR count). The van der Waals surface area contributed by atoms with Crippen molar-refractivity contribution < 1.29 is 14.0 Å². The molecule has 1 atom stereocenters. The van der Waals surface area contributed by atoms with E-state index in [1.165, 1.54) is 6.42 Å². The first-order valence-corrected chi connectivity index (χ1v) is 7.84. The lowest BCUT2D eigenvalue weighted by molar-refractivity contribution is 0.234. The fourth-order valence-corrected chi connectivity index (χ4v) is 3.82. The van der Waals surface area contributed by atoms with Crippen molar-refractivity contribution in [1.29, 1.82) is 0 Å². The van der Waals surface area contributed by atoms with Gasteiger partial charge >= 0.3 is 7.60 Å². The van der Waals surface area contributed by atoms with Gasteiger partial charge in [0.1, 0.15) is 0 Å². The Labute approximate surface area is 102 Å². The molecule has 1 fully saturated rings. The van der Waals surface area contributed by atoms with Crippen molar-refractivity contribution >= 4 is 7.60 Å². The Bertz CT molecular complexity index is 385. The van der Waals surface area contributed by atoms with Gasteiger partial charge in [0.2, 0.25) is 0 Å². The SMILES string of the molecule is O=P(O)(OCc1ccccc1)C1CCCCC1. The van der Waals surface area contributed by atoms with E-state index < -0.39 is 7.60 Å². The van der Waals surface area contributed by atoms with Crippen molar-refractivity contribution in [3.05, 3.63) is 35.9 Å². The Morgan fingerprint density at radius 3 is 2.47 bits per heavy atom. The van der Waals surface area contributed by atoms with Crippen LogP contribution in [0.25, 0.3) is 0 Å². The van der Waals surface area contributed by atoms with Crippen LogP contribution in [0.5, 0.6) is 0 Å². The van der Waals surface area contributed by atoms with Crippen LogP contribution in [0.15, 0.2) is 30.3 Å². The van der Waals surface area contributed by atoms with Crippen LogP contribution in [0.2, 0.25) is 0 Å². The topological polar surface area (TPSA) is 46.5 Å². The summed E-state index contributed by atoms with van der Waals surface area (Å²) in [5.74, 6) is 0. The van der Waals surface area contributed by atoms with Crippen LogP contribution < -0.4 is 0 Å². The van der Waals surface area contributed by atoms with Gasteiger partial charge in [-0.15, -0.1) is 0 Å². The second kappa shape index (κ2) is 5.81. The van der Waals surface area contributed by atoms with Gasteiger partial charge in [-0.05, 0) is 18.4 Å². The van der Waals surface area contributed by atoms with Crippen molar-refractivity contribution in [2.24, 2.45) is 0 Å². The van der Waals surface area contributed by atoms with E-state index in [-0.39, 0.29) is 12.3 Å². The zero-order valence-electron chi connectivity index (χ0n) is 9.92. The monoisotopic (exact) mass is 254 g/mol. The Kier molecular flexibility index (Phi) is 4.38. The minimum atomic E-state index is -3.43. The summed E-state index contributed by atoms with van der Waals surface area (Å²) in [6, 6.07) is 9.54.